The highest BCUT2D eigenvalue weighted by molar-refractivity contribution is 5.85. The summed E-state index contributed by atoms with van der Waals surface area (Å²) in [5.74, 6) is -1.24. The lowest BCUT2D eigenvalue weighted by Crippen LogP contribution is -2.50. The highest BCUT2D eigenvalue weighted by Gasteiger charge is 2.31. The minimum absolute atomic E-state index is 0.0235. The molecule has 1 amide bonds. The van der Waals surface area contributed by atoms with Crippen LogP contribution in [0.25, 0.3) is 0 Å². The summed E-state index contributed by atoms with van der Waals surface area (Å²) in [6, 6.07) is 8.89. The average Bonchev–Trinajstić information content (AvgIpc) is 2.99. The second kappa shape index (κ2) is 7.22. The van der Waals surface area contributed by atoms with E-state index >= 15 is 0 Å². The molecular formula is C16H22N2O3. The van der Waals surface area contributed by atoms with E-state index in [-0.39, 0.29) is 18.5 Å². The smallest absolute Gasteiger partial charge is 0.323 e. The van der Waals surface area contributed by atoms with Crippen LogP contribution in [-0.2, 0) is 16.0 Å². The minimum Gasteiger partial charge on any atom is -0.480 e. The topological polar surface area (TPSA) is 83.6 Å². The molecule has 0 bridgehead atoms. The summed E-state index contributed by atoms with van der Waals surface area (Å²) >= 11 is 0. The number of hydrogen-bond donors (Lipinski definition) is 2. The predicted octanol–water partition coefficient (Wildman–Crippen LogP) is 1.41. The van der Waals surface area contributed by atoms with Crippen molar-refractivity contribution in [3.8, 4) is 0 Å². The molecule has 0 unspecified atom stereocenters. The second-order valence-corrected chi connectivity index (χ2v) is 5.59. The zero-order chi connectivity index (χ0) is 15.2. The number of carbonyl (C=O) groups excluding carboxylic acids is 1. The van der Waals surface area contributed by atoms with E-state index in [0.717, 1.165) is 31.2 Å². The first-order valence-corrected chi connectivity index (χ1v) is 7.39. The number of nitrogens with two attached hydrogens (primary N) is 1. The normalized spacial score (nSPS) is 16.6. The molecule has 0 saturated heterocycles. The second-order valence-electron chi connectivity index (χ2n) is 5.59. The zero-order valence-corrected chi connectivity index (χ0v) is 12.1. The fourth-order valence-electron chi connectivity index (χ4n) is 2.92. The summed E-state index contributed by atoms with van der Waals surface area (Å²) in [5.41, 5.74) is 7.00. The van der Waals surface area contributed by atoms with Crippen LogP contribution >= 0.6 is 0 Å². The molecule has 1 saturated carbocycles. The van der Waals surface area contributed by atoms with Gasteiger partial charge in [-0.3, -0.25) is 9.59 Å². The summed E-state index contributed by atoms with van der Waals surface area (Å²) in [5, 5.41) is 9.03. The first kappa shape index (κ1) is 15.5. The maximum atomic E-state index is 12.5. The van der Waals surface area contributed by atoms with E-state index in [9.17, 15) is 9.59 Å². The number of aliphatic carboxylic acids is 1. The Morgan fingerprint density at radius 1 is 1.24 bits per heavy atom. The number of carboxylic acids is 1. The van der Waals surface area contributed by atoms with Crippen molar-refractivity contribution in [2.24, 2.45) is 5.73 Å². The van der Waals surface area contributed by atoms with Gasteiger partial charge < -0.3 is 15.7 Å². The van der Waals surface area contributed by atoms with Crippen molar-refractivity contribution in [1.29, 1.82) is 0 Å². The van der Waals surface area contributed by atoms with E-state index in [0.29, 0.717) is 6.42 Å². The molecule has 1 fully saturated rings. The predicted molar refractivity (Wildman–Crippen MR) is 79.7 cm³/mol. The highest BCUT2D eigenvalue weighted by Crippen LogP contribution is 2.24. The molecule has 1 aromatic carbocycles. The average molecular weight is 290 g/mol. The molecule has 5 heteroatoms. The van der Waals surface area contributed by atoms with Crippen LogP contribution in [0.3, 0.4) is 0 Å². The van der Waals surface area contributed by atoms with E-state index in [1.165, 1.54) is 4.90 Å². The van der Waals surface area contributed by atoms with Crippen molar-refractivity contribution in [3.05, 3.63) is 35.9 Å². The van der Waals surface area contributed by atoms with Crippen LogP contribution in [0.4, 0.5) is 0 Å². The first-order chi connectivity index (χ1) is 10.1. The van der Waals surface area contributed by atoms with Gasteiger partial charge in [0.1, 0.15) is 6.54 Å². The highest BCUT2D eigenvalue weighted by atomic mass is 16.4. The van der Waals surface area contributed by atoms with Gasteiger partial charge in [-0.2, -0.15) is 0 Å². The van der Waals surface area contributed by atoms with E-state index in [4.69, 9.17) is 10.8 Å². The van der Waals surface area contributed by atoms with Gasteiger partial charge in [0.05, 0.1) is 6.04 Å². The number of rotatable bonds is 6. The monoisotopic (exact) mass is 290 g/mol. The van der Waals surface area contributed by atoms with Crippen LogP contribution in [0, 0.1) is 0 Å². The lowest BCUT2D eigenvalue weighted by molar-refractivity contribution is -0.146. The third-order valence-electron chi connectivity index (χ3n) is 3.97. The summed E-state index contributed by atoms with van der Waals surface area (Å²) in [7, 11) is 0. The molecule has 21 heavy (non-hydrogen) atoms. The van der Waals surface area contributed by atoms with Gasteiger partial charge in [-0.05, 0) is 24.8 Å². The summed E-state index contributed by atoms with van der Waals surface area (Å²) in [6.45, 7) is -0.258. The molecule has 1 atom stereocenters. The van der Waals surface area contributed by atoms with Gasteiger partial charge >= 0.3 is 5.97 Å². The summed E-state index contributed by atoms with van der Waals surface area (Å²) in [4.78, 5) is 25.0. The van der Waals surface area contributed by atoms with E-state index < -0.39 is 12.0 Å². The SMILES string of the molecule is N[C@@H](Cc1ccccc1)C(=O)N(CC(=O)O)C1CCCC1. The fraction of sp³-hybridized carbons (Fsp3) is 0.500. The number of carboxylic acid groups (broad SMARTS) is 1. The summed E-state index contributed by atoms with van der Waals surface area (Å²) in [6.07, 6.45) is 4.26. The zero-order valence-electron chi connectivity index (χ0n) is 12.1. The number of nitrogens with zero attached hydrogens (tertiary/aromatic N) is 1. The van der Waals surface area contributed by atoms with E-state index in [1.807, 2.05) is 30.3 Å². The molecule has 0 radical (unpaired) electrons. The fourth-order valence-corrected chi connectivity index (χ4v) is 2.92. The van der Waals surface area contributed by atoms with Crippen LogP contribution in [0.2, 0.25) is 0 Å². The molecule has 114 valence electrons. The Kier molecular flexibility index (Phi) is 5.33. The van der Waals surface area contributed by atoms with E-state index in [2.05, 4.69) is 0 Å². The molecule has 1 aliphatic rings. The Hall–Kier alpha value is -1.88. The molecular weight excluding hydrogens is 268 g/mol. The largest absolute Gasteiger partial charge is 0.480 e. The Morgan fingerprint density at radius 2 is 1.86 bits per heavy atom. The molecule has 0 aromatic heterocycles. The Bertz CT molecular complexity index is 484. The Morgan fingerprint density at radius 3 is 2.43 bits per heavy atom. The lowest BCUT2D eigenvalue weighted by Gasteiger charge is -2.29. The van der Waals surface area contributed by atoms with Gasteiger partial charge in [0.15, 0.2) is 0 Å². The maximum Gasteiger partial charge on any atom is 0.323 e. The van der Waals surface area contributed by atoms with Crippen LogP contribution in [0.1, 0.15) is 31.2 Å². The Labute approximate surface area is 124 Å². The third kappa shape index (κ3) is 4.29. The number of benzene rings is 1. The van der Waals surface area contributed by atoms with Crippen LogP contribution in [-0.4, -0.2) is 40.5 Å². The molecule has 5 nitrogen and oxygen atoms in total. The standard InChI is InChI=1S/C16H22N2O3/c17-14(10-12-6-2-1-3-7-12)16(21)18(11-15(19)20)13-8-4-5-9-13/h1-3,6-7,13-14H,4-5,8-11,17H2,(H,19,20)/t14-/m0/s1. The van der Waals surface area contributed by atoms with Gasteiger partial charge in [-0.25, -0.2) is 0 Å². The molecule has 2 rings (SSSR count). The number of carbonyl (C=O) groups is 2. The maximum absolute atomic E-state index is 12.5. The van der Waals surface area contributed by atoms with Crippen molar-refractivity contribution in [1.82, 2.24) is 4.90 Å². The molecule has 1 aliphatic carbocycles. The molecule has 3 N–H and O–H groups in total. The molecule has 0 spiro atoms. The van der Waals surface area contributed by atoms with Gasteiger partial charge in [0.25, 0.3) is 0 Å². The Balaban J connectivity index is 2.04. The van der Waals surface area contributed by atoms with Crippen LogP contribution < -0.4 is 5.73 Å². The van der Waals surface area contributed by atoms with Crippen molar-refractivity contribution >= 4 is 11.9 Å². The summed E-state index contributed by atoms with van der Waals surface area (Å²) < 4.78 is 0. The van der Waals surface area contributed by atoms with Crippen molar-refractivity contribution in [3.63, 3.8) is 0 Å². The van der Waals surface area contributed by atoms with Crippen LogP contribution in [0.15, 0.2) is 30.3 Å². The van der Waals surface area contributed by atoms with Crippen molar-refractivity contribution in [2.45, 2.75) is 44.2 Å². The quantitative estimate of drug-likeness (QED) is 0.829. The third-order valence-corrected chi connectivity index (χ3v) is 3.97. The van der Waals surface area contributed by atoms with Gasteiger partial charge in [0.2, 0.25) is 5.91 Å². The first-order valence-electron chi connectivity index (χ1n) is 7.39. The molecule has 1 aromatic rings. The van der Waals surface area contributed by atoms with E-state index in [1.54, 1.807) is 0 Å². The number of hydrogen-bond acceptors (Lipinski definition) is 3. The lowest BCUT2D eigenvalue weighted by atomic mass is 10.0. The van der Waals surface area contributed by atoms with Crippen molar-refractivity contribution < 1.29 is 14.7 Å². The van der Waals surface area contributed by atoms with Gasteiger partial charge in [-0.1, -0.05) is 43.2 Å². The molecule has 0 heterocycles. The van der Waals surface area contributed by atoms with Gasteiger partial charge in [-0.15, -0.1) is 0 Å². The minimum atomic E-state index is -0.984. The van der Waals surface area contributed by atoms with Crippen molar-refractivity contribution in [2.75, 3.05) is 6.54 Å². The number of amides is 1. The van der Waals surface area contributed by atoms with Crippen LogP contribution in [0.5, 0.6) is 0 Å². The van der Waals surface area contributed by atoms with Gasteiger partial charge in [0, 0.05) is 6.04 Å². The molecule has 0 aliphatic heterocycles.